The van der Waals surface area contributed by atoms with Gasteiger partial charge in [-0.25, -0.2) is 9.48 Å². The predicted octanol–water partition coefficient (Wildman–Crippen LogP) is 3.71. The SMILES string of the molecule is CC[C@H](C)[C@@H]([C@@H](CC(=O)N1CCC[C@H]1[C@H](OC)[C@@H](C)C(=O)N[C@H](C)[C@@H](O)c1ccccc1)OC)N(C)C(=O)[C@@H](CC(=O)[C@H](C(C)C)N(C)C(=O)[C@H](CCCNC(N)=O)CC(=O)[C@@H](NC(=O)[C@@H](CCCCNC(=O)COC1CCCCCc2c1nnn2C1O[C@H](CO)[C@H](O)[C@H](O)[C@H]1O)CC(=O)CCOCCOCCOCCOCCN1C(=O)C=CC1=O)C(C)C)C(C)C. The number of aliphatic hydroxyl groups excluding tert-OH is 5. The van der Waals surface area contributed by atoms with Crippen LogP contribution in [0.4, 0.5) is 4.79 Å². The average molecular weight is 1800 g/mol. The largest absolute Gasteiger partial charge is 0.394 e. The first-order valence-corrected chi connectivity index (χ1v) is 45.3. The summed E-state index contributed by atoms with van der Waals surface area (Å²) in [4.78, 5) is 173. The first-order chi connectivity index (χ1) is 60.5. The number of likely N-dealkylation sites (tertiary alicyclic amines) is 1. The van der Waals surface area contributed by atoms with E-state index in [9.17, 15) is 63.9 Å². The van der Waals surface area contributed by atoms with Gasteiger partial charge in [0.15, 0.2) is 17.8 Å². The monoisotopic (exact) mass is 1800 g/mol. The fraction of sp³-hybridized carbons (Fsp3) is 0.756. The number of primary amides is 1. The molecule has 10 amide bonds. The molecule has 37 nitrogen and oxygen atoms in total. The van der Waals surface area contributed by atoms with Crippen molar-refractivity contribution in [3.63, 3.8) is 0 Å². The number of aromatic nitrogens is 3. The predicted molar refractivity (Wildman–Crippen MR) is 465 cm³/mol. The van der Waals surface area contributed by atoms with E-state index < -0.39 is 175 Å². The number of likely N-dealkylation sites (N-methyl/N-ethyl adjacent to an activating group) is 2. The number of urea groups is 1. The lowest BCUT2D eigenvalue weighted by Gasteiger charge is -2.41. The minimum atomic E-state index is -1.65. The highest BCUT2D eigenvalue weighted by molar-refractivity contribution is 6.12. The maximum absolute atomic E-state index is 15.3. The number of nitrogens with two attached hydrogens (primary N) is 1. The fourth-order valence-electron chi connectivity index (χ4n) is 17.3. The van der Waals surface area contributed by atoms with Crippen LogP contribution in [0.15, 0.2) is 42.5 Å². The van der Waals surface area contributed by atoms with E-state index in [0.29, 0.717) is 68.4 Å². The number of Topliss-reactive ketones (excluding diaryl/α,β-unsaturated/α-hetero) is 3. The van der Waals surface area contributed by atoms with Gasteiger partial charge in [0.05, 0.1) is 133 Å². The topological polar surface area (TPSA) is 498 Å². The molecule has 4 aliphatic rings. The number of nitrogens with zero attached hydrogens (tertiary/aromatic N) is 7. The van der Waals surface area contributed by atoms with Crippen molar-refractivity contribution in [2.75, 3.05) is 121 Å². The number of fused-ring (bicyclic) bond motifs is 1. The maximum atomic E-state index is 15.3. The normalized spacial score (nSPS) is 21.3. The van der Waals surface area contributed by atoms with E-state index in [1.54, 1.807) is 70.5 Å². The zero-order valence-corrected chi connectivity index (χ0v) is 77.0. The third-order valence-electron chi connectivity index (χ3n) is 24.8. The molecule has 1 aliphatic carbocycles. The number of unbranched alkanes of at least 4 members (excludes halogenated alkanes) is 1. The molecule has 1 aromatic heterocycles. The van der Waals surface area contributed by atoms with Crippen molar-refractivity contribution in [3.8, 4) is 0 Å². The van der Waals surface area contributed by atoms with E-state index in [4.69, 9.17) is 43.6 Å². The van der Waals surface area contributed by atoms with Crippen molar-refractivity contribution >= 4 is 70.6 Å². The van der Waals surface area contributed by atoms with Gasteiger partial charge in [-0.2, -0.15) is 0 Å². The van der Waals surface area contributed by atoms with Gasteiger partial charge in [0.2, 0.25) is 35.4 Å². The highest BCUT2D eigenvalue weighted by Crippen LogP contribution is 2.37. The molecule has 0 radical (unpaired) electrons. The van der Waals surface area contributed by atoms with Gasteiger partial charge in [0.1, 0.15) is 48.6 Å². The number of rotatable bonds is 59. The summed E-state index contributed by atoms with van der Waals surface area (Å²) in [6.07, 6.45) is -3.25. The second-order valence-corrected chi connectivity index (χ2v) is 35.1. The first-order valence-electron chi connectivity index (χ1n) is 45.3. The van der Waals surface area contributed by atoms with Crippen LogP contribution in [0.2, 0.25) is 0 Å². The lowest BCUT2D eigenvalue weighted by Crippen LogP contribution is -2.56. The van der Waals surface area contributed by atoms with E-state index in [0.717, 1.165) is 24.2 Å². The number of methoxy groups -OCH3 is 2. The molecule has 2 fully saturated rings. The Labute approximate surface area is 747 Å². The van der Waals surface area contributed by atoms with Crippen LogP contribution in [-0.2, 0) is 97.1 Å². The zero-order chi connectivity index (χ0) is 93.7. The van der Waals surface area contributed by atoms with Crippen molar-refractivity contribution < 1.29 is 121 Å². The van der Waals surface area contributed by atoms with Gasteiger partial charge in [-0.3, -0.25) is 57.6 Å². The number of carbonyl (C=O) groups excluding carboxylic acids is 12. The molecule has 127 heavy (non-hydrogen) atoms. The molecular formula is C90H146N12O25. The van der Waals surface area contributed by atoms with Crippen LogP contribution in [0.5, 0.6) is 0 Å². The molecule has 2 unspecified atom stereocenters. The Morgan fingerprint density at radius 2 is 1.30 bits per heavy atom. The lowest BCUT2D eigenvalue weighted by molar-refractivity contribution is -0.254. The summed E-state index contributed by atoms with van der Waals surface area (Å²) < 4.78 is 47.8. The molecule has 2 aromatic rings. The number of nitrogens with one attached hydrogen (secondary N) is 4. The molecule has 1 aromatic carbocycles. The number of imide groups is 1. The number of benzene rings is 1. The first kappa shape index (κ1) is 108. The lowest BCUT2D eigenvalue weighted by atomic mass is 9.83. The number of amides is 10. The number of ketones is 3. The Balaban J connectivity index is 1.11. The summed E-state index contributed by atoms with van der Waals surface area (Å²) in [6.45, 7) is 19.2. The molecule has 0 spiro atoms. The van der Waals surface area contributed by atoms with E-state index in [1.807, 2.05) is 45.9 Å². The highest BCUT2D eigenvalue weighted by atomic mass is 16.6. The van der Waals surface area contributed by atoms with Crippen molar-refractivity contribution in [1.29, 1.82) is 0 Å². The van der Waals surface area contributed by atoms with Gasteiger partial charge in [-0.1, -0.05) is 124 Å². The number of aliphatic hydroxyl groups is 5. The summed E-state index contributed by atoms with van der Waals surface area (Å²) >= 11 is 0. The van der Waals surface area contributed by atoms with Gasteiger partial charge >= 0.3 is 6.03 Å². The summed E-state index contributed by atoms with van der Waals surface area (Å²) in [5.74, 6) is -10.1. The van der Waals surface area contributed by atoms with Gasteiger partial charge in [0, 0.05) is 104 Å². The minimum Gasteiger partial charge on any atom is -0.394 e. The van der Waals surface area contributed by atoms with E-state index in [-0.39, 0.29) is 165 Å². The van der Waals surface area contributed by atoms with Crippen LogP contribution >= 0.6 is 0 Å². The fourth-order valence-corrected chi connectivity index (χ4v) is 17.3. The second-order valence-electron chi connectivity index (χ2n) is 35.1. The van der Waals surface area contributed by atoms with Crippen LogP contribution < -0.4 is 27.0 Å². The second kappa shape index (κ2) is 55.1. The summed E-state index contributed by atoms with van der Waals surface area (Å²) in [6, 6.07) is 4.12. The molecule has 6 rings (SSSR count). The van der Waals surface area contributed by atoms with Gasteiger partial charge in [-0.15, -0.1) is 5.10 Å². The molecule has 11 N–H and O–H groups in total. The minimum absolute atomic E-state index is 0.00206. The van der Waals surface area contributed by atoms with Gasteiger partial charge in [-0.05, 0) is 93.9 Å². The average Bonchev–Trinajstić information content (AvgIpc) is 1.66. The van der Waals surface area contributed by atoms with Gasteiger partial charge < -0.3 is 105 Å². The van der Waals surface area contributed by atoms with Gasteiger partial charge in [0.25, 0.3) is 11.8 Å². The van der Waals surface area contributed by atoms with E-state index in [1.165, 1.54) is 43.0 Å². The zero-order valence-electron chi connectivity index (χ0n) is 77.0. The van der Waals surface area contributed by atoms with Crippen LogP contribution in [0.1, 0.15) is 214 Å². The standard InChI is InChI=1S/C90H146N12O25/c1-15-57(8)79(70(120-13)51-75(110)100-38-25-31-66(100)84(121-14)58(9)85(115)94-59(10)80(111)60-26-18-16-19-27-60)99(12)88(118)64(54(2)3)50-68(106)78(56(6)7)98(11)87(117)62(29-24-37-93-90(91)119)49-67(105)76(55(4)5)95-86(116)61(48-63(104)35-40-122-42-44-124-46-47-125-45-43-123-41-39-101-73(108)33-34-74(101)109)28-22-23-36-92-72(107)53-126-69-32-21-17-20-30-65-77(69)96-97-102(65)89-83(114)82(113)81(112)71(52-103)127-89/h16,18-19,26-27,33-34,54-59,61-62,64,66,69-71,76,78-84,89,103,111-114H,15,17,20-25,28-32,35-53H2,1-14H3,(H,92,107)(H,94,115)(H,95,116)(H3,91,93,119)/t57-,58+,59+,61-,62+,64-,66-,69?,70+,71+,76-,78-,79-,80+,81-,82-,83+,84+,89?/m0/s1. The van der Waals surface area contributed by atoms with Crippen LogP contribution in [0.25, 0.3) is 0 Å². The van der Waals surface area contributed by atoms with Crippen molar-refractivity contribution in [1.82, 2.24) is 55.9 Å². The van der Waals surface area contributed by atoms with Crippen LogP contribution in [-0.4, -0.2) is 318 Å². The van der Waals surface area contributed by atoms with Crippen molar-refractivity contribution in [3.05, 3.63) is 59.4 Å². The molecule has 716 valence electrons. The van der Waals surface area contributed by atoms with Crippen molar-refractivity contribution in [2.45, 2.75) is 270 Å². The summed E-state index contributed by atoms with van der Waals surface area (Å²) in [7, 11) is 6.12. The molecular weight excluding hydrogens is 1650 g/mol. The van der Waals surface area contributed by atoms with Crippen LogP contribution in [0, 0.1) is 47.3 Å². The molecule has 37 heteroatoms. The Morgan fingerprint density at radius 3 is 1.91 bits per heavy atom. The van der Waals surface area contributed by atoms with Crippen LogP contribution in [0.3, 0.4) is 0 Å². The molecule has 0 saturated carbocycles. The summed E-state index contributed by atoms with van der Waals surface area (Å²) in [5.41, 5.74) is 7.05. The van der Waals surface area contributed by atoms with E-state index in [2.05, 4.69) is 31.6 Å². The molecule has 0 bridgehead atoms. The Bertz CT molecular complexity index is 3810. The third kappa shape index (κ3) is 32.4. The molecule has 19 atom stereocenters. The third-order valence-corrected chi connectivity index (χ3v) is 24.8. The Morgan fingerprint density at radius 1 is 0.661 bits per heavy atom. The number of hydrogen-bond donors (Lipinski definition) is 10. The van der Waals surface area contributed by atoms with Crippen molar-refractivity contribution in [2.24, 2.45) is 53.1 Å². The smallest absolute Gasteiger partial charge is 0.312 e. The Hall–Kier alpha value is -8.18. The molecule has 3 aliphatic heterocycles. The molecule has 2 saturated heterocycles. The quantitative estimate of drug-likeness (QED) is 0.0333. The number of hydrogen-bond acceptors (Lipinski definition) is 27. The summed E-state index contributed by atoms with van der Waals surface area (Å²) in [5, 5.41) is 72.7. The highest BCUT2D eigenvalue weighted by Gasteiger charge is 2.48. The number of ether oxygens (including phenoxy) is 8. The van der Waals surface area contributed by atoms with E-state index >= 15 is 19.2 Å². The molecule has 4 heterocycles. The number of carbonyl (C=O) groups is 12. The maximum Gasteiger partial charge on any atom is 0.312 e. The Kier molecular flexibility index (Phi) is 46.7.